The molecule has 0 aliphatic rings. The van der Waals surface area contributed by atoms with Gasteiger partial charge in [-0.2, -0.15) is 5.10 Å². The second kappa shape index (κ2) is 8.81. The van der Waals surface area contributed by atoms with Gasteiger partial charge in [0, 0.05) is 43.2 Å². The van der Waals surface area contributed by atoms with Crippen LogP contribution in [0.4, 0.5) is 8.78 Å². The summed E-state index contributed by atoms with van der Waals surface area (Å²) in [7, 11) is 0. The Morgan fingerprint density at radius 1 is 0.917 bits per heavy atom. The van der Waals surface area contributed by atoms with Gasteiger partial charge in [0.15, 0.2) is 0 Å². The average Bonchev–Trinajstić information content (AvgIpc) is 3.64. The third-order valence-electron chi connectivity index (χ3n) is 5.92. The zero-order valence-corrected chi connectivity index (χ0v) is 19.1. The van der Waals surface area contributed by atoms with E-state index in [0.29, 0.717) is 30.4 Å². The molecule has 6 aromatic rings. The molecule has 0 radical (unpaired) electrons. The molecule has 0 spiro atoms. The number of nitrogens with zero attached hydrogens (tertiary/aromatic N) is 7. The minimum Gasteiger partial charge on any atom is -0.416 e. The maximum absolute atomic E-state index is 14.4. The van der Waals surface area contributed by atoms with Crippen LogP contribution in [0.5, 0.6) is 0 Å². The van der Waals surface area contributed by atoms with Crippen molar-refractivity contribution in [2.24, 2.45) is 0 Å². The van der Waals surface area contributed by atoms with Gasteiger partial charge >= 0.3 is 0 Å². The first kappa shape index (κ1) is 21.8. The number of pyridine rings is 1. The Morgan fingerprint density at radius 3 is 2.58 bits per heavy atom. The standard InChI is InChI=1S/C26H19F2N7O/c1-2-34-22-8-5-16(25-32-33-26(36-25)17-4-3-10-29-15-17)12-21(22)31-24(34)14-19-9-11-30-35(19)23-13-18(27)6-7-20(23)28/h3-13,15H,2,14H2,1H3. The Labute approximate surface area is 203 Å². The van der Waals surface area contributed by atoms with Crippen molar-refractivity contribution in [3.63, 3.8) is 0 Å². The van der Waals surface area contributed by atoms with E-state index in [2.05, 4.69) is 24.8 Å². The highest BCUT2D eigenvalue weighted by atomic mass is 19.1. The van der Waals surface area contributed by atoms with Crippen molar-refractivity contribution in [3.8, 4) is 28.6 Å². The third kappa shape index (κ3) is 3.82. The predicted molar refractivity (Wildman–Crippen MR) is 128 cm³/mol. The van der Waals surface area contributed by atoms with Gasteiger partial charge < -0.3 is 8.98 Å². The number of imidazole rings is 1. The molecule has 178 valence electrons. The minimum atomic E-state index is -0.555. The summed E-state index contributed by atoms with van der Waals surface area (Å²) < 4.78 is 37.5. The fourth-order valence-electron chi connectivity index (χ4n) is 4.24. The summed E-state index contributed by atoms with van der Waals surface area (Å²) in [4.78, 5) is 8.92. The zero-order valence-electron chi connectivity index (χ0n) is 19.1. The van der Waals surface area contributed by atoms with E-state index in [4.69, 9.17) is 9.40 Å². The summed E-state index contributed by atoms with van der Waals surface area (Å²) in [5, 5.41) is 12.5. The lowest BCUT2D eigenvalue weighted by molar-refractivity contribution is 0.583. The van der Waals surface area contributed by atoms with Gasteiger partial charge in [0.1, 0.15) is 23.1 Å². The van der Waals surface area contributed by atoms with E-state index in [-0.39, 0.29) is 5.69 Å². The summed E-state index contributed by atoms with van der Waals surface area (Å²) in [6, 6.07) is 14.5. The summed E-state index contributed by atoms with van der Waals surface area (Å²) in [6.07, 6.45) is 5.28. The molecule has 8 nitrogen and oxygen atoms in total. The SMILES string of the molecule is CCn1c(Cc2ccnn2-c2cc(F)ccc2F)nc2cc(-c3nnc(-c4cccnc4)o3)ccc21. The van der Waals surface area contributed by atoms with E-state index < -0.39 is 11.6 Å². The van der Waals surface area contributed by atoms with E-state index in [9.17, 15) is 8.78 Å². The molecule has 36 heavy (non-hydrogen) atoms. The monoisotopic (exact) mass is 483 g/mol. The normalized spacial score (nSPS) is 11.4. The first-order chi connectivity index (χ1) is 17.6. The number of fused-ring (bicyclic) bond motifs is 1. The molecule has 0 saturated carbocycles. The van der Waals surface area contributed by atoms with Crippen LogP contribution in [0.2, 0.25) is 0 Å². The Morgan fingerprint density at radius 2 is 1.78 bits per heavy atom. The third-order valence-corrected chi connectivity index (χ3v) is 5.92. The number of benzene rings is 2. The molecule has 4 heterocycles. The number of halogens is 2. The molecule has 0 N–H and O–H groups in total. The zero-order chi connectivity index (χ0) is 24.6. The molecule has 0 unspecified atom stereocenters. The quantitative estimate of drug-likeness (QED) is 0.323. The molecular weight excluding hydrogens is 464 g/mol. The Balaban J connectivity index is 1.36. The van der Waals surface area contributed by atoms with Crippen LogP contribution in [0, 0.1) is 11.6 Å². The number of rotatable bonds is 6. The Kier molecular flexibility index (Phi) is 5.33. The molecule has 10 heteroatoms. The van der Waals surface area contributed by atoms with Crippen LogP contribution in [0.1, 0.15) is 18.4 Å². The van der Waals surface area contributed by atoms with Crippen molar-refractivity contribution in [1.82, 2.24) is 34.5 Å². The molecule has 0 amide bonds. The van der Waals surface area contributed by atoms with Crippen LogP contribution in [-0.2, 0) is 13.0 Å². The fraction of sp³-hybridized carbons (Fsp3) is 0.115. The van der Waals surface area contributed by atoms with Crippen LogP contribution in [0.15, 0.2) is 77.6 Å². The van der Waals surface area contributed by atoms with E-state index >= 15 is 0 Å². The lowest BCUT2D eigenvalue weighted by Gasteiger charge is -2.10. The first-order valence-electron chi connectivity index (χ1n) is 11.3. The molecular formula is C26H19F2N7O. The Hall–Kier alpha value is -4.73. The van der Waals surface area contributed by atoms with Gasteiger partial charge in [-0.3, -0.25) is 4.98 Å². The van der Waals surface area contributed by atoms with Gasteiger partial charge in [-0.05, 0) is 55.5 Å². The smallest absolute Gasteiger partial charge is 0.249 e. The lowest BCUT2D eigenvalue weighted by Crippen LogP contribution is -2.09. The molecule has 0 aliphatic carbocycles. The molecule has 4 aromatic heterocycles. The number of hydrogen-bond acceptors (Lipinski definition) is 6. The van der Waals surface area contributed by atoms with Gasteiger partial charge in [0.05, 0.1) is 22.3 Å². The molecule has 6 rings (SSSR count). The molecule has 0 aliphatic heterocycles. The van der Waals surface area contributed by atoms with Crippen LogP contribution < -0.4 is 0 Å². The van der Waals surface area contributed by atoms with Crippen molar-refractivity contribution in [2.45, 2.75) is 19.9 Å². The van der Waals surface area contributed by atoms with E-state index in [0.717, 1.165) is 46.2 Å². The summed E-state index contributed by atoms with van der Waals surface area (Å²) >= 11 is 0. The molecule has 0 fully saturated rings. The highest BCUT2D eigenvalue weighted by molar-refractivity contribution is 5.81. The largest absolute Gasteiger partial charge is 0.416 e. The highest BCUT2D eigenvalue weighted by Crippen LogP contribution is 2.28. The Bertz CT molecular complexity index is 1690. The van der Waals surface area contributed by atoms with E-state index in [1.165, 1.54) is 4.68 Å². The molecule has 0 atom stereocenters. The molecule has 0 saturated heterocycles. The fourth-order valence-corrected chi connectivity index (χ4v) is 4.24. The van der Waals surface area contributed by atoms with Crippen LogP contribution in [0.25, 0.3) is 39.6 Å². The first-order valence-corrected chi connectivity index (χ1v) is 11.3. The van der Waals surface area contributed by atoms with E-state index in [1.54, 1.807) is 30.7 Å². The average molecular weight is 483 g/mol. The van der Waals surface area contributed by atoms with Crippen molar-refractivity contribution in [3.05, 3.63) is 96.3 Å². The van der Waals surface area contributed by atoms with E-state index in [1.807, 2.05) is 31.2 Å². The van der Waals surface area contributed by atoms with Crippen LogP contribution in [0.3, 0.4) is 0 Å². The molecule has 0 bridgehead atoms. The van der Waals surface area contributed by atoms with Gasteiger partial charge in [0.25, 0.3) is 0 Å². The lowest BCUT2D eigenvalue weighted by atomic mass is 10.2. The summed E-state index contributed by atoms with van der Waals surface area (Å²) in [5.41, 5.74) is 3.91. The van der Waals surface area contributed by atoms with Crippen LogP contribution >= 0.6 is 0 Å². The minimum absolute atomic E-state index is 0.0530. The van der Waals surface area contributed by atoms with Gasteiger partial charge in [-0.15, -0.1) is 10.2 Å². The summed E-state index contributed by atoms with van der Waals surface area (Å²) in [5.74, 6) is 0.442. The molecule has 2 aromatic carbocycles. The summed E-state index contributed by atoms with van der Waals surface area (Å²) in [6.45, 7) is 2.71. The van der Waals surface area contributed by atoms with Crippen molar-refractivity contribution < 1.29 is 13.2 Å². The second-order valence-corrected chi connectivity index (χ2v) is 8.14. The van der Waals surface area contributed by atoms with Crippen LogP contribution in [-0.4, -0.2) is 34.5 Å². The number of aromatic nitrogens is 7. The second-order valence-electron chi connectivity index (χ2n) is 8.14. The van der Waals surface area contributed by atoms with Crippen molar-refractivity contribution in [2.75, 3.05) is 0 Å². The van der Waals surface area contributed by atoms with Gasteiger partial charge in [-0.1, -0.05) is 0 Å². The van der Waals surface area contributed by atoms with Gasteiger partial charge in [-0.25, -0.2) is 18.4 Å². The van der Waals surface area contributed by atoms with Crippen molar-refractivity contribution in [1.29, 1.82) is 0 Å². The van der Waals surface area contributed by atoms with Gasteiger partial charge in [0.2, 0.25) is 11.8 Å². The maximum Gasteiger partial charge on any atom is 0.249 e. The number of aryl methyl sites for hydroxylation is 1. The van der Waals surface area contributed by atoms with Crippen molar-refractivity contribution >= 4 is 11.0 Å². The number of hydrogen-bond donors (Lipinski definition) is 0. The highest BCUT2D eigenvalue weighted by Gasteiger charge is 2.17. The maximum atomic E-state index is 14.4. The predicted octanol–water partition coefficient (Wildman–Crippen LogP) is 5.22. The topological polar surface area (TPSA) is 87.5 Å².